The largest absolute Gasteiger partial charge is 0.486 e. The Morgan fingerprint density at radius 1 is 1.08 bits per heavy atom. The van der Waals surface area contributed by atoms with E-state index in [2.05, 4.69) is 4.98 Å². The van der Waals surface area contributed by atoms with E-state index in [1.807, 2.05) is 42.5 Å². The number of amides is 1. The lowest BCUT2D eigenvalue weighted by molar-refractivity contribution is 0.0786. The number of carbonyl (C=O) groups excluding carboxylic acids is 1. The summed E-state index contributed by atoms with van der Waals surface area (Å²) in [5.41, 5.74) is 2.48. The normalized spacial score (nSPS) is 12.8. The summed E-state index contributed by atoms with van der Waals surface area (Å²) in [6.45, 7) is 1.61. The molecule has 5 heteroatoms. The maximum absolute atomic E-state index is 12.9. The van der Waals surface area contributed by atoms with Gasteiger partial charge in [0.15, 0.2) is 11.5 Å². The van der Waals surface area contributed by atoms with Gasteiger partial charge < -0.3 is 14.4 Å². The highest BCUT2D eigenvalue weighted by atomic mass is 16.6. The molecule has 1 amide bonds. The van der Waals surface area contributed by atoms with Gasteiger partial charge in [-0.3, -0.25) is 9.78 Å². The Kier molecular flexibility index (Phi) is 3.98. The lowest BCUT2D eigenvalue weighted by Crippen LogP contribution is -2.26. The number of aromatic nitrogens is 1. The van der Waals surface area contributed by atoms with Crippen LogP contribution in [0.2, 0.25) is 0 Å². The lowest BCUT2D eigenvalue weighted by Gasteiger charge is -2.21. The molecule has 126 valence electrons. The van der Waals surface area contributed by atoms with Crippen molar-refractivity contribution in [1.82, 2.24) is 9.88 Å². The van der Waals surface area contributed by atoms with Gasteiger partial charge in [-0.25, -0.2) is 0 Å². The van der Waals surface area contributed by atoms with Gasteiger partial charge in [-0.2, -0.15) is 0 Å². The molecule has 0 bridgehead atoms. The van der Waals surface area contributed by atoms with Crippen molar-refractivity contribution < 1.29 is 14.3 Å². The topological polar surface area (TPSA) is 51.7 Å². The van der Waals surface area contributed by atoms with Crippen molar-refractivity contribution >= 4 is 16.8 Å². The van der Waals surface area contributed by atoms with Crippen LogP contribution in [0.4, 0.5) is 0 Å². The molecule has 0 radical (unpaired) electrons. The first-order valence-electron chi connectivity index (χ1n) is 8.20. The van der Waals surface area contributed by atoms with Gasteiger partial charge in [-0.05, 0) is 29.8 Å². The maximum atomic E-state index is 12.9. The molecule has 0 unspecified atom stereocenters. The van der Waals surface area contributed by atoms with Crippen LogP contribution in [0.25, 0.3) is 10.9 Å². The molecule has 4 rings (SSSR count). The Balaban J connectivity index is 1.58. The Morgan fingerprint density at radius 3 is 2.76 bits per heavy atom. The fourth-order valence-electron chi connectivity index (χ4n) is 3.02. The molecule has 0 atom stereocenters. The van der Waals surface area contributed by atoms with Crippen LogP contribution in [-0.4, -0.2) is 36.1 Å². The molecule has 0 fully saturated rings. The van der Waals surface area contributed by atoms with E-state index in [-0.39, 0.29) is 5.91 Å². The van der Waals surface area contributed by atoms with Gasteiger partial charge in [0.05, 0.1) is 11.1 Å². The summed E-state index contributed by atoms with van der Waals surface area (Å²) in [6.07, 6.45) is 1.67. The van der Waals surface area contributed by atoms with Crippen LogP contribution < -0.4 is 9.47 Å². The molecule has 2 aromatic carbocycles. The minimum absolute atomic E-state index is 0.0338. The summed E-state index contributed by atoms with van der Waals surface area (Å²) in [6, 6.07) is 15.2. The van der Waals surface area contributed by atoms with Crippen molar-refractivity contribution in [3.05, 3.63) is 65.9 Å². The minimum atomic E-state index is -0.0338. The number of benzene rings is 2. The molecular weight excluding hydrogens is 316 g/mol. The number of pyridine rings is 1. The second kappa shape index (κ2) is 6.43. The zero-order chi connectivity index (χ0) is 17.2. The molecule has 1 aliphatic rings. The molecule has 5 nitrogen and oxygen atoms in total. The van der Waals surface area contributed by atoms with Crippen LogP contribution in [-0.2, 0) is 6.54 Å². The molecule has 0 spiro atoms. The van der Waals surface area contributed by atoms with Crippen molar-refractivity contribution in [2.24, 2.45) is 0 Å². The van der Waals surface area contributed by atoms with E-state index in [0.717, 1.165) is 28.0 Å². The van der Waals surface area contributed by atoms with Crippen molar-refractivity contribution in [1.29, 1.82) is 0 Å². The van der Waals surface area contributed by atoms with Gasteiger partial charge in [0, 0.05) is 25.2 Å². The molecular formula is C20H18N2O3. The lowest BCUT2D eigenvalue weighted by atomic mass is 10.1. The molecule has 2 heterocycles. The summed E-state index contributed by atoms with van der Waals surface area (Å²) in [5, 5.41) is 0.865. The number of hydrogen-bond acceptors (Lipinski definition) is 4. The third kappa shape index (κ3) is 3.01. The Bertz CT molecular complexity index is 934. The van der Waals surface area contributed by atoms with Crippen molar-refractivity contribution in [3.63, 3.8) is 0 Å². The van der Waals surface area contributed by atoms with E-state index < -0.39 is 0 Å². The number of para-hydroxylation sites is 1. The highest BCUT2D eigenvalue weighted by Gasteiger charge is 2.17. The summed E-state index contributed by atoms with van der Waals surface area (Å²) in [5.74, 6) is 1.46. The number of fused-ring (bicyclic) bond motifs is 2. The number of rotatable bonds is 3. The standard InChI is InChI=1S/C20H18N2O3/c1-22(13-14-6-7-18-19(12-14)25-11-10-24-18)20(23)16-8-9-21-17-5-3-2-4-15(16)17/h2-9,12H,10-11,13H2,1H3. The molecule has 0 N–H and O–H groups in total. The van der Waals surface area contributed by atoms with Crippen LogP contribution in [0.1, 0.15) is 15.9 Å². The predicted molar refractivity (Wildman–Crippen MR) is 95.0 cm³/mol. The summed E-state index contributed by atoms with van der Waals surface area (Å²) < 4.78 is 11.1. The van der Waals surface area contributed by atoms with Gasteiger partial charge in [-0.15, -0.1) is 0 Å². The first kappa shape index (κ1) is 15.4. The van der Waals surface area contributed by atoms with Crippen LogP contribution >= 0.6 is 0 Å². The SMILES string of the molecule is CN(Cc1ccc2c(c1)OCCO2)C(=O)c1ccnc2ccccc12. The Hall–Kier alpha value is -3.08. The van der Waals surface area contributed by atoms with E-state index in [1.54, 1.807) is 24.2 Å². The van der Waals surface area contributed by atoms with Gasteiger partial charge in [0.1, 0.15) is 13.2 Å². The monoisotopic (exact) mass is 334 g/mol. The highest BCUT2D eigenvalue weighted by molar-refractivity contribution is 6.05. The number of nitrogens with zero attached hydrogens (tertiary/aromatic N) is 2. The van der Waals surface area contributed by atoms with E-state index in [4.69, 9.17) is 9.47 Å². The fraction of sp³-hybridized carbons (Fsp3) is 0.200. The van der Waals surface area contributed by atoms with Gasteiger partial charge in [0.25, 0.3) is 5.91 Å². The highest BCUT2D eigenvalue weighted by Crippen LogP contribution is 2.31. The zero-order valence-electron chi connectivity index (χ0n) is 13.9. The maximum Gasteiger partial charge on any atom is 0.254 e. The first-order valence-corrected chi connectivity index (χ1v) is 8.20. The summed E-state index contributed by atoms with van der Waals surface area (Å²) in [7, 11) is 1.80. The molecule has 3 aromatic rings. The zero-order valence-corrected chi connectivity index (χ0v) is 13.9. The second-order valence-electron chi connectivity index (χ2n) is 6.01. The number of hydrogen-bond donors (Lipinski definition) is 0. The molecule has 0 saturated carbocycles. The molecule has 1 aromatic heterocycles. The minimum Gasteiger partial charge on any atom is -0.486 e. The van der Waals surface area contributed by atoms with Crippen molar-refractivity contribution in [2.45, 2.75) is 6.54 Å². The second-order valence-corrected chi connectivity index (χ2v) is 6.01. The van der Waals surface area contributed by atoms with Crippen LogP contribution in [0, 0.1) is 0 Å². The predicted octanol–water partition coefficient (Wildman–Crippen LogP) is 3.28. The number of carbonyl (C=O) groups is 1. The van der Waals surface area contributed by atoms with Crippen molar-refractivity contribution in [2.75, 3.05) is 20.3 Å². The van der Waals surface area contributed by atoms with Crippen LogP contribution in [0.3, 0.4) is 0 Å². The Labute approximate surface area is 145 Å². The van der Waals surface area contributed by atoms with Gasteiger partial charge >= 0.3 is 0 Å². The fourth-order valence-corrected chi connectivity index (χ4v) is 3.02. The van der Waals surface area contributed by atoms with E-state index in [0.29, 0.717) is 25.3 Å². The number of ether oxygens (including phenoxy) is 2. The van der Waals surface area contributed by atoms with Gasteiger partial charge in [-0.1, -0.05) is 24.3 Å². The molecule has 1 aliphatic heterocycles. The van der Waals surface area contributed by atoms with E-state index in [1.165, 1.54) is 0 Å². The average molecular weight is 334 g/mol. The third-order valence-electron chi connectivity index (χ3n) is 4.25. The molecule has 0 saturated heterocycles. The summed E-state index contributed by atoms with van der Waals surface area (Å²) in [4.78, 5) is 18.9. The van der Waals surface area contributed by atoms with E-state index in [9.17, 15) is 4.79 Å². The van der Waals surface area contributed by atoms with Gasteiger partial charge in [0.2, 0.25) is 0 Å². The average Bonchev–Trinajstić information content (AvgIpc) is 2.67. The molecule has 0 aliphatic carbocycles. The smallest absolute Gasteiger partial charge is 0.254 e. The first-order chi connectivity index (χ1) is 12.2. The van der Waals surface area contributed by atoms with Crippen molar-refractivity contribution in [3.8, 4) is 11.5 Å². The van der Waals surface area contributed by atoms with Crippen LogP contribution in [0.5, 0.6) is 11.5 Å². The quantitative estimate of drug-likeness (QED) is 0.738. The summed E-state index contributed by atoms with van der Waals surface area (Å²) >= 11 is 0. The third-order valence-corrected chi connectivity index (χ3v) is 4.25. The molecule has 25 heavy (non-hydrogen) atoms. The Morgan fingerprint density at radius 2 is 1.88 bits per heavy atom. The van der Waals surface area contributed by atoms with E-state index >= 15 is 0 Å². The van der Waals surface area contributed by atoms with Crippen LogP contribution in [0.15, 0.2) is 54.7 Å².